The maximum atomic E-state index is 12.3. The topological polar surface area (TPSA) is 55.4 Å². The first kappa shape index (κ1) is 18.1. The van der Waals surface area contributed by atoms with Crippen LogP contribution in [0.3, 0.4) is 0 Å². The van der Waals surface area contributed by atoms with E-state index in [9.17, 15) is 21.6 Å². The van der Waals surface area contributed by atoms with Crippen molar-refractivity contribution < 1.29 is 26.3 Å². The number of nitrogens with one attached hydrogen (secondary N) is 1. The Labute approximate surface area is 138 Å². The number of hydrogen-bond donors (Lipinski definition) is 1. The molecule has 0 spiro atoms. The van der Waals surface area contributed by atoms with Crippen molar-refractivity contribution in [3.63, 3.8) is 0 Å². The Hall–Kier alpha value is -2.22. The van der Waals surface area contributed by atoms with Gasteiger partial charge in [0.1, 0.15) is 5.75 Å². The van der Waals surface area contributed by atoms with Crippen LogP contribution in [0.4, 0.5) is 18.9 Å². The first-order chi connectivity index (χ1) is 11.1. The molecule has 0 aromatic heterocycles. The molecule has 0 unspecified atom stereocenters. The van der Waals surface area contributed by atoms with Gasteiger partial charge in [0, 0.05) is 6.07 Å². The lowest BCUT2D eigenvalue weighted by atomic mass is 10.0. The van der Waals surface area contributed by atoms with Crippen molar-refractivity contribution in [1.29, 1.82) is 0 Å². The van der Waals surface area contributed by atoms with Crippen LogP contribution >= 0.6 is 0 Å². The summed E-state index contributed by atoms with van der Waals surface area (Å²) in [5.41, 5.74) is 0.958. The third-order valence-electron chi connectivity index (χ3n) is 3.18. The van der Waals surface area contributed by atoms with Crippen molar-refractivity contribution in [1.82, 2.24) is 0 Å². The highest BCUT2D eigenvalue weighted by atomic mass is 32.2. The number of ether oxygens (including phenoxy) is 1. The molecule has 0 aliphatic heterocycles. The molecule has 8 heteroatoms. The molecule has 0 fully saturated rings. The molecule has 130 valence electrons. The molecule has 0 amide bonds. The van der Waals surface area contributed by atoms with Crippen LogP contribution < -0.4 is 9.46 Å². The quantitative estimate of drug-likeness (QED) is 0.855. The van der Waals surface area contributed by atoms with Crippen LogP contribution in [0.1, 0.15) is 25.3 Å². The molecular formula is C16H16F3NO3S. The number of halogens is 3. The summed E-state index contributed by atoms with van der Waals surface area (Å²) in [5, 5.41) is 0. The Morgan fingerprint density at radius 1 is 1.04 bits per heavy atom. The molecule has 0 heterocycles. The van der Waals surface area contributed by atoms with Crippen LogP contribution in [-0.2, 0) is 10.0 Å². The van der Waals surface area contributed by atoms with Crippen molar-refractivity contribution in [3.05, 3.63) is 54.1 Å². The molecule has 1 N–H and O–H groups in total. The van der Waals surface area contributed by atoms with Crippen LogP contribution in [-0.4, -0.2) is 14.8 Å². The number of rotatable bonds is 5. The summed E-state index contributed by atoms with van der Waals surface area (Å²) in [7, 11) is -3.90. The summed E-state index contributed by atoms with van der Waals surface area (Å²) in [6.45, 7) is 3.96. The van der Waals surface area contributed by atoms with E-state index in [0.717, 1.165) is 17.7 Å². The Kier molecular flexibility index (Phi) is 5.08. The summed E-state index contributed by atoms with van der Waals surface area (Å²) in [4.78, 5) is 0.0223. The van der Waals surface area contributed by atoms with Crippen molar-refractivity contribution in [3.8, 4) is 5.75 Å². The molecule has 0 saturated heterocycles. The lowest BCUT2D eigenvalue weighted by molar-refractivity contribution is -0.274. The SMILES string of the molecule is CC(C)c1ccc(S(=O)(=O)Nc2cccc(OC(F)(F)F)c2)cc1. The molecule has 0 aliphatic carbocycles. The molecular weight excluding hydrogens is 343 g/mol. The Bertz CT molecular complexity index is 800. The highest BCUT2D eigenvalue weighted by molar-refractivity contribution is 7.92. The summed E-state index contributed by atoms with van der Waals surface area (Å²) < 4.78 is 67.3. The number of alkyl halides is 3. The van der Waals surface area contributed by atoms with E-state index in [4.69, 9.17) is 0 Å². The zero-order chi connectivity index (χ0) is 18.0. The lowest BCUT2D eigenvalue weighted by Gasteiger charge is -2.12. The van der Waals surface area contributed by atoms with Gasteiger partial charge in [-0.05, 0) is 35.7 Å². The second-order valence-electron chi connectivity index (χ2n) is 5.40. The fourth-order valence-electron chi connectivity index (χ4n) is 2.00. The largest absolute Gasteiger partial charge is 0.573 e. The highest BCUT2D eigenvalue weighted by Gasteiger charge is 2.31. The number of benzene rings is 2. The van der Waals surface area contributed by atoms with E-state index in [-0.39, 0.29) is 16.5 Å². The zero-order valence-corrected chi connectivity index (χ0v) is 13.8. The maximum Gasteiger partial charge on any atom is 0.573 e. The fraction of sp³-hybridized carbons (Fsp3) is 0.250. The van der Waals surface area contributed by atoms with Gasteiger partial charge < -0.3 is 4.74 Å². The van der Waals surface area contributed by atoms with Crippen molar-refractivity contribution in [2.75, 3.05) is 4.72 Å². The Morgan fingerprint density at radius 3 is 2.21 bits per heavy atom. The van der Waals surface area contributed by atoms with E-state index in [1.54, 1.807) is 12.1 Å². The summed E-state index contributed by atoms with van der Waals surface area (Å²) in [5.74, 6) is -0.247. The van der Waals surface area contributed by atoms with Crippen LogP contribution in [0, 0.1) is 0 Å². The third-order valence-corrected chi connectivity index (χ3v) is 4.57. The Morgan fingerprint density at radius 2 is 1.67 bits per heavy atom. The van der Waals surface area contributed by atoms with E-state index in [1.165, 1.54) is 24.3 Å². The van der Waals surface area contributed by atoms with Gasteiger partial charge in [0.2, 0.25) is 0 Å². The molecule has 24 heavy (non-hydrogen) atoms. The molecule has 2 aromatic rings. The van der Waals surface area contributed by atoms with Gasteiger partial charge in [-0.2, -0.15) is 0 Å². The molecule has 0 bridgehead atoms. The molecule has 2 rings (SSSR count). The van der Waals surface area contributed by atoms with Gasteiger partial charge in [-0.3, -0.25) is 4.72 Å². The zero-order valence-electron chi connectivity index (χ0n) is 13.0. The van der Waals surface area contributed by atoms with Crippen LogP contribution in [0.2, 0.25) is 0 Å². The minimum absolute atomic E-state index is 0.0223. The monoisotopic (exact) mass is 359 g/mol. The standard InChI is InChI=1S/C16H16F3NO3S/c1-11(2)12-6-8-15(9-7-12)24(21,22)20-13-4-3-5-14(10-13)23-16(17,18)19/h3-11,20H,1-2H3. The minimum atomic E-state index is -4.84. The predicted octanol–water partition coefficient (Wildman–Crippen LogP) is 4.51. The van der Waals surface area contributed by atoms with Gasteiger partial charge in [0.15, 0.2) is 0 Å². The second-order valence-corrected chi connectivity index (χ2v) is 7.09. The lowest BCUT2D eigenvalue weighted by Crippen LogP contribution is -2.17. The van der Waals surface area contributed by atoms with Crippen molar-refractivity contribution in [2.24, 2.45) is 0 Å². The predicted molar refractivity (Wildman–Crippen MR) is 84.5 cm³/mol. The fourth-order valence-corrected chi connectivity index (χ4v) is 3.05. The number of hydrogen-bond acceptors (Lipinski definition) is 3. The summed E-state index contributed by atoms with van der Waals surface area (Å²) >= 11 is 0. The molecule has 0 aliphatic rings. The van der Waals surface area contributed by atoms with E-state index in [2.05, 4.69) is 9.46 Å². The minimum Gasteiger partial charge on any atom is -0.406 e. The summed E-state index contributed by atoms with van der Waals surface area (Å²) in [6, 6.07) is 11.0. The second kappa shape index (κ2) is 6.72. The smallest absolute Gasteiger partial charge is 0.406 e. The first-order valence-electron chi connectivity index (χ1n) is 7.05. The average Bonchev–Trinajstić information content (AvgIpc) is 2.45. The normalized spacial score (nSPS) is 12.2. The van der Waals surface area contributed by atoms with E-state index >= 15 is 0 Å². The van der Waals surface area contributed by atoms with Gasteiger partial charge in [0.05, 0.1) is 10.6 Å². The Balaban J connectivity index is 2.21. The molecule has 0 saturated carbocycles. The van der Waals surface area contributed by atoms with Gasteiger partial charge >= 0.3 is 6.36 Å². The van der Waals surface area contributed by atoms with Gasteiger partial charge in [-0.25, -0.2) is 8.42 Å². The van der Waals surface area contributed by atoms with Crippen LogP contribution in [0.25, 0.3) is 0 Å². The van der Waals surface area contributed by atoms with E-state index < -0.39 is 22.1 Å². The molecule has 2 aromatic carbocycles. The average molecular weight is 359 g/mol. The highest BCUT2D eigenvalue weighted by Crippen LogP contribution is 2.26. The van der Waals surface area contributed by atoms with E-state index in [0.29, 0.717) is 0 Å². The third kappa shape index (κ3) is 4.89. The van der Waals surface area contributed by atoms with Crippen molar-refractivity contribution >= 4 is 15.7 Å². The summed E-state index contributed by atoms with van der Waals surface area (Å²) in [6.07, 6.45) is -4.84. The van der Waals surface area contributed by atoms with Crippen LogP contribution in [0.5, 0.6) is 5.75 Å². The number of anilines is 1. The van der Waals surface area contributed by atoms with Gasteiger partial charge in [-0.1, -0.05) is 32.0 Å². The van der Waals surface area contributed by atoms with Crippen molar-refractivity contribution in [2.45, 2.75) is 31.0 Å². The van der Waals surface area contributed by atoms with Crippen LogP contribution in [0.15, 0.2) is 53.4 Å². The van der Waals surface area contributed by atoms with E-state index in [1.807, 2.05) is 13.8 Å². The van der Waals surface area contributed by atoms with Gasteiger partial charge in [-0.15, -0.1) is 13.2 Å². The maximum absolute atomic E-state index is 12.3. The van der Waals surface area contributed by atoms with Gasteiger partial charge in [0.25, 0.3) is 10.0 Å². The first-order valence-corrected chi connectivity index (χ1v) is 8.54. The molecule has 4 nitrogen and oxygen atoms in total. The molecule has 0 atom stereocenters. The number of sulfonamides is 1. The molecule has 0 radical (unpaired) electrons.